The van der Waals surface area contributed by atoms with Crippen LogP contribution in [-0.2, 0) is 0 Å². The second-order valence-corrected chi connectivity index (χ2v) is 4.72. The topological polar surface area (TPSA) is 78.7 Å². The molecule has 0 aliphatic rings. The number of hydrogen-bond acceptors (Lipinski definition) is 4. The lowest BCUT2D eigenvalue weighted by molar-refractivity contribution is 0.567. The summed E-state index contributed by atoms with van der Waals surface area (Å²) in [6.45, 7) is 3.86. The molecule has 7 heteroatoms. The van der Waals surface area contributed by atoms with Crippen LogP contribution in [0.25, 0.3) is 5.82 Å². The summed E-state index contributed by atoms with van der Waals surface area (Å²) in [6, 6.07) is 0.0700. The molecular weight excluding hydrogens is 286 g/mol. The molecule has 90 valence electrons. The van der Waals surface area contributed by atoms with Crippen LogP contribution in [-0.4, -0.2) is 19.3 Å². The van der Waals surface area contributed by atoms with E-state index in [1.807, 2.05) is 13.8 Å². The standard InChI is InChI=1S/C10H12BrN5O/c1-6(2)15-4-3-13-9(10(15)17)16-5-7(11)8(12)14-16/h3-6H,1-2H3,(H2,12,14). The van der Waals surface area contributed by atoms with Crippen LogP contribution >= 0.6 is 15.9 Å². The summed E-state index contributed by atoms with van der Waals surface area (Å²) in [7, 11) is 0. The number of nitrogens with zero attached hydrogens (tertiary/aromatic N) is 4. The van der Waals surface area contributed by atoms with E-state index in [-0.39, 0.29) is 17.4 Å². The van der Waals surface area contributed by atoms with Gasteiger partial charge in [0.25, 0.3) is 5.56 Å². The number of nitrogens with two attached hydrogens (primary N) is 1. The van der Waals surface area contributed by atoms with Gasteiger partial charge in [0.2, 0.25) is 5.82 Å². The molecule has 2 rings (SSSR count). The Kier molecular flexibility index (Phi) is 3.01. The van der Waals surface area contributed by atoms with Gasteiger partial charge in [0.1, 0.15) is 0 Å². The second kappa shape index (κ2) is 4.33. The minimum atomic E-state index is -0.197. The predicted octanol–water partition coefficient (Wildman–Crippen LogP) is 1.35. The van der Waals surface area contributed by atoms with Crippen molar-refractivity contribution in [3.63, 3.8) is 0 Å². The number of hydrogen-bond donors (Lipinski definition) is 1. The summed E-state index contributed by atoms with van der Waals surface area (Å²) < 4.78 is 3.60. The summed E-state index contributed by atoms with van der Waals surface area (Å²) in [5.74, 6) is 0.560. The van der Waals surface area contributed by atoms with E-state index in [1.54, 1.807) is 23.2 Å². The Morgan fingerprint density at radius 1 is 1.47 bits per heavy atom. The highest BCUT2D eigenvalue weighted by Gasteiger charge is 2.11. The van der Waals surface area contributed by atoms with Gasteiger partial charge in [0, 0.05) is 24.6 Å². The van der Waals surface area contributed by atoms with E-state index < -0.39 is 0 Å². The quantitative estimate of drug-likeness (QED) is 0.908. The van der Waals surface area contributed by atoms with E-state index in [1.165, 1.54) is 4.68 Å². The van der Waals surface area contributed by atoms with Crippen LogP contribution in [0.3, 0.4) is 0 Å². The molecule has 0 bridgehead atoms. The SMILES string of the molecule is CC(C)n1ccnc(-n2cc(Br)c(N)n2)c1=O. The van der Waals surface area contributed by atoms with Crippen molar-refractivity contribution in [2.45, 2.75) is 19.9 Å². The first-order valence-electron chi connectivity index (χ1n) is 5.09. The molecule has 0 radical (unpaired) electrons. The lowest BCUT2D eigenvalue weighted by Gasteiger charge is -2.10. The maximum absolute atomic E-state index is 12.1. The van der Waals surface area contributed by atoms with Crippen molar-refractivity contribution < 1.29 is 0 Å². The second-order valence-electron chi connectivity index (χ2n) is 3.86. The predicted molar refractivity (Wildman–Crippen MR) is 68.1 cm³/mol. The van der Waals surface area contributed by atoms with Crippen molar-refractivity contribution in [1.82, 2.24) is 19.3 Å². The van der Waals surface area contributed by atoms with Crippen molar-refractivity contribution in [2.24, 2.45) is 0 Å². The molecular formula is C10H12BrN5O. The highest BCUT2D eigenvalue weighted by Crippen LogP contribution is 2.17. The fraction of sp³-hybridized carbons (Fsp3) is 0.300. The van der Waals surface area contributed by atoms with Gasteiger partial charge in [-0.25, -0.2) is 9.67 Å². The molecule has 17 heavy (non-hydrogen) atoms. The number of halogens is 1. The van der Waals surface area contributed by atoms with Gasteiger partial charge in [-0.05, 0) is 29.8 Å². The van der Waals surface area contributed by atoms with Gasteiger partial charge in [0.15, 0.2) is 5.82 Å². The Bertz CT molecular complexity index is 581. The lowest BCUT2D eigenvalue weighted by Crippen LogP contribution is -2.26. The smallest absolute Gasteiger partial charge is 0.295 e. The van der Waals surface area contributed by atoms with Gasteiger partial charge < -0.3 is 10.3 Å². The third kappa shape index (κ3) is 2.10. The highest BCUT2D eigenvalue weighted by atomic mass is 79.9. The van der Waals surface area contributed by atoms with E-state index in [0.717, 1.165) is 0 Å². The van der Waals surface area contributed by atoms with Crippen LogP contribution < -0.4 is 11.3 Å². The molecule has 2 N–H and O–H groups in total. The van der Waals surface area contributed by atoms with E-state index in [0.29, 0.717) is 10.3 Å². The molecule has 2 aromatic rings. The average Bonchev–Trinajstić information content (AvgIpc) is 2.59. The van der Waals surface area contributed by atoms with Gasteiger partial charge in [0.05, 0.1) is 4.47 Å². The molecule has 0 saturated carbocycles. The van der Waals surface area contributed by atoms with Gasteiger partial charge >= 0.3 is 0 Å². The molecule has 0 spiro atoms. The minimum absolute atomic E-state index is 0.0700. The Morgan fingerprint density at radius 2 is 2.18 bits per heavy atom. The Labute approximate surface area is 106 Å². The molecule has 0 amide bonds. The minimum Gasteiger partial charge on any atom is -0.381 e. The summed E-state index contributed by atoms with van der Waals surface area (Å²) in [6.07, 6.45) is 4.84. The molecule has 0 fully saturated rings. The number of anilines is 1. The van der Waals surface area contributed by atoms with Crippen LogP contribution in [0.5, 0.6) is 0 Å². The Morgan fingerprint density at radius 3 is 2.71 bits per heavy atom. The normalized spacial score (nSPS) is 11.1. The summed E-state index contributed by atoms with van der Waals surface area (Å²) in [5.41, 5.74) is 5.41. The summed E-state index contributed by atoms with van der Waals surface area (Å²) in [4.78, 5) is 16.2. The number of aromatic nitrogens is 4. The average molecular weight is 298 g/mol. The molecule has 0 unspecified atom stereocenters. The first kappa shape index (κ1) is 11.8. The first-order valence-corrected chi connectivity index (χ1v) is 5.88. The third-order valence-electron chi connectivity index (χ3n) is 2.32. The first-order chi connectivity index (χ1) is 8.00. The van der Waals surface area contributed by atoms with Crippen LogP contribution in [0.2, 0.25) is 0 Å². The third-order valence-corrected chi connectivity index (χ3v) is 2.93. The van der Waals surface area contributed by atoms with Gasteiger partial charge in [-0.3, -0.25) is 4.79 Å². The van der Waals surface area contributed by atoms with Crippen LogP contribution in [0.4, 0.5) is 5.82 Å². The zero-order chi connectivity index (χ0) is 12.6. The maximum Gasteiger partial charge on any atom is 0.295 e. The van der Waals surface area contributed by atoms with E-state index in [9.17, 15) is 4.79 Å². The van der Waals surface area contributed by atoms with E-state index in [4.69, 9.17) is 5.73 Å². The Hall–Kier alpha value is -1.63. The van der Waals surface area contributed by atoms with Gasteiger partial charge in [-0.1, -0.05) is 0 Å². The van der Waals surface area contributed by atoms with Crippen LogP contribution in [0, 0.1) is 0 Å². The molecule has 0 saturated heterocycles. The zero-order valence-corrected chi connectivity index (χ0v) is 11.0. The Balaban J connectivity index is 2.60. The summed E-state index contributed by atoms with van der Waals surface area (Å²) in [5, 5.41) is 4.01. The van der Waals surface area contributed by atoms with Gasteiger partial charge in [-0.15, -0.1) is 5.10 Å². The van der Waals surface area contributed by atoms with Crippen molar-refractivity contribution >= 4 is 21.7 Å². The fourth-order valence-corrected chi connectivity index (χ4v) is 1.73. The number of nitrogen functional groups attached to an aromatic ring is 1. The molecule has 2 aromatic heterocycles. The molecule has 0 aromatic carbocycles. The lowest BCUT2D eigenvalue weighted by atomic mass is 10.4. The largest absolute Gasteiger partial charge is 0.381 e. The molecule has 6 nitrogen and oxygen atoms in total. The van der Waals surface area contributed by atoms with Crippen LogP contribution in [0.15, 0.2) is 27.9 Å². The summed E-state index contributed by atoms with van der Waals surface area (Å²) >= 11 is 3.24. The van der Waals surface area contributed by atoms with E-state index >= 15 is 0 Å². The molecule has 0 atom stereocenters. The van der Waals surface area contributed by atoms with Crippen molar-refractivity contribution in [3.05, 3.63) is 33.4 Å². The zero-order valence-electron chi connectivity index (χ0n) is 9.46. The van der Waals surface area contributed by atoms with Crippen LogP contribution in [0.1, 0.15) is 19.9 Å². The molecule has 0 aliphatic heterocycles. The fourth-order valence-electron chi connectivity index (χ4n) is 1.45. The maximum atomic E-state index is 12.1. The van der Waals surface area contributed by atoms with Gasteiger partial charge in [-0.2, -0.15) is 0 Å². The molecule has 2 heterocycles. The van der Waals surface area contributed by atoms with E-state index in [2.05, 4.69) is 26.0 Å². The highest BCUT2D eigenvalue weighted by molar-refractivity contribution is 9.10. The van der Waals surface area contributed by atoms with Crippen molar-refractivity contribution in [1.29, 1.82) is 0 Å². The van der Waals surface area contributed by atoms with Crippen molar-refractivity contribution in [3.8, 4) is 5.82 Å². The monoisotopic (exact) mass is 297 g/mol. The molecule has 0 aliphatic carbocycles. The number of rotatable bonds is 2. The van der Waals surface area contributed by atoms with Crippen molar-refractivity contribution in [2.75, 3.05) is 5.73 Å².